The van der Waals surface area contributed by atoms with Crippen LogP contribution in [0.15, 0.2) is 0 Å². The molecule has 4 unspecified atom stereocenters. The normalized spacial score (nSPS) is 41.1. The van der Waals surface area contributed by atoms with Crippen molar-refractivity contribution in [2.45, 2.75) is 51.8 Å². The molecule has 4 atom stereocenters. The molecule has 2 N–H and O–H groups in total. The van der Waals surface area contributed by atoms with Crippen LogP contribution in [0.4, 0.5) is 0 Å². The molecule has 1 heterocycles. The van der Waals surface area contributed by atoms with E-state index in [0.29, 0.717) is 12.1 Å². The van der Waals surface area contributed by atoms with Gasteiger partial charge in [-0.3, -0.25) is 4.90 Å². The third-order valence-corrected chi connectivity index (χ3v) is 5.82. The second-order valence-electron chi connectivity index (χ2n) is 7.73. The topological polar surface area (TPSA) is 41.7 Å². The minimum atomic E-state index is -0.103. The van der Waals surface area contributed by atoms with Gasteiger partial charge in [-0.2, -0.15) is 0 Å². The molecule has 1 aliphatic heterocycles. The summed E-state index contributed by atoms with van der Waals surface area (Å²) in [5.41, 5.74) is 6.68. The Morgan fingerprint density at radius 2 is 1.95 bits per heavy atom. The molecule has 4 heteroatoms. The second kappa shape index (κ2) is 5.56. The van der Waals surface area contributed by atoms with Crippen LogP contribution < -0.4 is 5.73 Å². The number of likely N-dealkylation sites (tertiary alicyclic amines) is 1. The van der Waals surface area contributed by atoms with Crippen molar-refractivity contribution in [3.8, 4) is 0 Å². The Kier molecular flexibility index (Phi) is 4.51. The fraction of sp³-hybridized carbons (Fsp3) is 1.00. The largest absolute Gasteiger partial charge is 0.378 e. The van der Waals surface area contributed by atoms with Gasteiger partial charge in [-0.1, -0.05) is 20.8 Å². The Morgan fingerprint density at radius 3 is 2.40 bits per heavy atom. The number of hydrogen-bond donors (Lipinski definition) is 1. The van der Waals surface area contributed by atoms with Gasteiger partial charge in [-0.25, -0.2) is 0 Å². The van der Waals surface area contributed by atoms with Gasteiger partial charge in [0.2, 0.25) is 0 Å². The standard InChI is InChI=1S/C16H33N3O/c1-7-20-14-8-16(17,15(14,3)4)11-19-9-12(2)13(10-19)18(5)6/h12-14H,7-11,17H2,1-6H3. The molecule has 2 rings (SSSR count). The van der Waals surface area contributed by atoms with E-state index in [4.69, 9.17) is 10.5 Å². The van der Waals surface area contributed by atoms with Crippen LogP contribution in [0.5, 0.6) is 0 Å². The highest BCUT2D eigenvalue weighted by Crippen LogP contribution is 2.50. The number of hydrogen-bond acceptors (Lipinski definition) is 4. The first kappa shape index (κ1) is 16.2. The molecule has 1 saturated heterocycles. The van der Waals surface area contributed by atoms with E-state index >= 15 is 0 Å². The summed E-state index contributed by atoms with van der Waals surface area (Å²) in [5.74, 6) is 0.722. The molecule has 118 valence electrons. The van der Waals surface area contributed by atoms with Crippen LogP contribution in [-0.2, 0) is 4.74 Å². The molecule has 0 aromatic carbocycles. The lowest BCUT2D eigenvalue weighted by atomic mass is 9.54. The lowest BCUT2D eigenvalue weighted by Gasteiger charge is -2.60. The SMILES string of the molecule is CCOC1CC(N)(CN2CC(C)C(N(C)C)C2)C1(C)C. The summed E-state index contributed by atoms with van der Waals surface area (Å²) in [7, 11) is 4.36. The highest BCUT2D eigenvalue weighted by atomic mass is 16.5. The fourth-order valence-electron chi connectivity index (χ4n) is 4.02. The minimum absolute atomic E-state index is 0.0719. The van der Waals surface area contributed by atoms with Crippen LogP contribution >= 0.6 is 0 Å². The second-order valence-corrected chi connectivity index (χ2v) is 7.73. The van der Waals surface area contributed by atoms with Crippen molar-refractivity contribution >= 4 is 0 Å². The van der Waals surface area contributed by atoms with Crippen molar-refractivity contribution in [2.75, 3.05) is 40.3 Å². The first-order valence-corrected chi connectivity index (χ1v) is 8.00. The zero-order valence-corrected chi connectivity index (χ0v) is 14.1. The Balaban J connectivity index is 1.95. The minimum Gasteiger partial charge on any atom is -0.378 e. The zero-order chi connectivity index (χ0) is 15.1. The van der Waals surface area contributed by atoms with Gasteiger partial charge in [-0.05, 0) is 33.4 Å². The van der Waals surface area contributed by atoms with Gasteiger partial charge < -0.3 is 15.4 Å². The van der Waals surface area contributed by atoms with E-state index in [9.17, 15) is 0 Å². The van der Waals surface area contributed by atoms with Crippen molar-refractivity contribution in [3.05, 3.63) is 0 Å². The maximum absolute atomic E-state index is 6.71. The maximum atomic E-state index is 6.71. The van der Waals surface area contributed by atoms with Crippen LogP contribution in [-0.4, -0.2) is 67.8 Å². The maximum Gasteiger partial charge on any atom is 0.0662 e. The molecule has 0 amide bonds. The zero-order valence-electron chi connectivity index (χ0n) is 14.1. The number of rotatable bonds is 5. The van der Waals surface area contributed by atoms with Gasteiger partial charge in [-0.15, -0.1) is 0 Å². The quantitative estimate of drug-likeness (QED) is 0.828. The average molecular weight is 283 g/mol. The summed E-state index contributed by atoms with van der Waals surface area (Å²) >= 11 is 0. The van der Waals surface area contributed by atoms with Crippen LogP contribution in [0.1, 0.15) is 34.1 Å². The Morgan fingerprint density at radius 1 is 1.30 bits per heavy atom. The molecule has 4 nitrogen and oxygen atoms in total. The van der Waals surface area contributed by atoms with E-state index in [1.807, 2.05) is 0 Å². The number of nitrogens with two attached hydrogens (primary N) is 1. The Hall–Kier alpha value is -0.160. The lowest BCUT2D eigenvalue weighted by molar-refractivity contribution is -0.155. The Labute approximate surface area is 124 Å². The highest BCUT2D eigenvalue weighted by molar-refractivity contribution is 5.15. The van der Waals surface area contributed by atoms with Crippen LogP contribution in [0, 0.1) is 11.3 Å². The van der Waals surface area contributed by atoms with Gasteiger partial charge in [0.1, 0.15) is 0 Å². The summed E-state index contributed by atoms with van der Waals surface area (Å²) in [4.78, 5) is 4.90. The molecule has 2 fully saturated rings. The summed E-state index contributed by atoms with van der Waals surface area (Å²) in [6, 6.07) is 0.657. The molecule has 0 spiro atoms. The molecule has 2 aliphatic rings. The van der Waals surface area contributed by atoms with E-state index in [1.165, 1.54) is 0 Å². The molecule has 0 aromatic rings. The van der Waals surface area contributed by atoms with Gasteiger partial charge in [0, 0.05) is 43.2 Å². The summed E-state index contributed by atoms with van der Waals surface area (Å²) in [5, 5.41) is 0. The van der Waals surface area contributed by atoms with E-state index in [-0.39, 0.29) is 11.0 Å². The first-order chi connectivity index (χ1) is 9.21. The van der Waals surface area contributed by atoms with Crippen molar-refractivity contribution in [1.82, 2.24) is 9.80 Å². The van der Waals surface area contributed by atoms with E-state index in [1.54, 1.807) is 0 Å². The van der Waals surface area contributed by atoms with E-state index in [2.05, 4.69) is 51.6 Å². The first-order valence-electron chi connectivity index (χ1n) is 8.00. The van der Waals surface area contributed by atoms with Crippen molar-refractivity contribution in [3.63, 3.8) is 0 Å². The predicted octanol–water partition coefficient (Wildman–Crippen LogP) is 1.40. The average Bonchev–Trinajstić information content (AvgIpc) is 2.70. The number of nitrogens with zero attached hydrogens (tertiary/aromatic N) is 2. The molecule has 20 heavy (non-hydrogen) atoms. The Bertz CT molecular complexity index is 345. The van der Waals surface area contributed by atoms with Crippen molar-refractivity contribution < 1.29 is 4.74 Å². The van der Waals surface area contributed by atoms with E-state index in [0.717, 1.165) is 38.6 Å². The lowest BCUT2D eigenvalue weighted by Crippen LogP contribution is -2.73. The molecular formula is C16H33N3O. The van der Waals surface area contributed by atoms with Gasteiger partial charge in [0.05, 0.1) is 6.10 Å². The molecule has 0 radical (unpaired) electrons. The van der Waals surface area contributed by atoms with Crippen LogP contribution in [0.25, 0.3) is 0 Å². The van der Waals surface area contributed by atoms with Gasteiger partial charge in [0.15, 0.2) is 0 Å². The third-order valence-electron chi connectivity index (χ3n) is 5.82. The van der Waals surface area contributed by atoms with Crippen molar-refractivity contribution in [1.29, 1.82) is 0 Å². The number of ether oxygens (including phenoxy) is 1. The summed E-state index contributed by atoms with van der Waals surface area (Å²) < 4.78 is 5.83. The molecular weight excluding hydrogens is 250 g/mol. The van der Waals surface area contributed by atoms with Crippen LogP contribution in [0.3, 0.4) is 0 Å². The highest BCUT2D eigenvalue weighted by Gasteiger charge is 2.59. The summed E-state index contributed by atoms with van der Waals surface area (Å²) in [6.45, 7) is 13.0. The third kappa shape index (κ3) is 2.63. The molecule has 0 aromatic heterocycles. The predicted molar refractivity (Wildman–Crippen MR) is 83.8 cm³/mol. The monoisotopic (exact) mass is 283 g/mol. The van der Waals surface area contributed by atoms with E-state index < -0.39 is 0 Å². The smallest absolute Gasteiger partial charge is 0.0662 e. The summed E-state index contributed by atoms with van der Waals surface area (Å²) in [6.07, 6.45) is 1.31. The number of likely N-dealkylation sites (N-methyl/N-ethyl adjacent to an activating group) is 1. The molecule has 1 saturated carbocycles. The fourth-order valence-corrected chi connectivity index (χ4v) is 4.02. The van der Waals surface area contributed by atoms with Gasteiger partial charge in [0.25, 0.3) is 0 Å². The van der Waals surface area contributed by atoms with Crippen LogP contribution in [0.2, 0.25) is 0 Å². The van der Waals surface area contributed by atoms with Crippen molar-refractivity contribution in [2.24, 2.45) is 17.1 Å². The molecule has 0 bridgehead atoms. The van der Waals surface area contributed by atoms with Gasteiger partial charge >= 0.3 is 0 Å². The molecule has 1 aliphatic carbocycles.